The van der Waals surface area contributed by atoms with Crippen molar-refractivity contribution < 1.29 is 14.6 Å². The van der Waals surface area contributed by atoms with Crippen LogP contribution >= 0.6 is 11.6 Å². The largest absolute Gasteiger partial charge is 0.493 e. The number of hydrogen-bond acceptors (Lipinski definition) is 3. The van der Waals surface area contributed by atoms with Gasteiger partial charge in [-0.25, -0.2) is 4.79 Å². The molecule has 0 radical (unpaired) electrons. The van der Waals surface area contributed by atoms with E-state index in [1.54, 1.807) is 24.3 Å². The smallest absolute Gasteiger partial charge is 0.319 e. The summed E-state index contributed by atoms with van der Waals surface area (Å²) in [6.45, 7) is 0.515. The molecule has 1 unspecified atom stereocenters. The zero-order valence-corrected chi connectivity index (χ0v) is 13.1. The summed E-state index contributed by atoms with van der Waals surface area (Å²) >= 11 is 5.80. The van der Waals surface area contributed by atoms with Crippen molar-refractivity contribution in [1.29, 1.82) is 0 Å². The van der Waals surface area contributed by atoms with Crippen LogP contribution in [0, 0.1) is 0 Å². The van der Waals surface area contributed by atoms with E-state index in [0.717, 1.165) is 0 Å². The van der Waals surface area contributed by atoms with Crippen LogP contribution in [0.25, 0.3) is 0 Å². The number of fused-ring (bicyclic) bond motifs is 1. The van der Waals surface area contributed by atoms with Crippen molar-refractivity contribution in [2.45, 2.75) is 12.0 Å². The maximum atomic E-state index is 12.0. The number of carbonyl (C=O) groups is 1. The highest BCUT2D eigenvalue weighted by molar-refractivity contribution is 6.30. The summed E-state index contributed by atoms with van der Waals surface area (Å²) in [7, 11) is 0. The van der Waals surface area contributed by atoms with Crippen molar-refractivity contribution in [3.8, 4) is 5.75 Å². The van der Waals surface area contributed by atoms with E-state index in [1.165, 1.54) is 0 Å². The molecule has 0 aliphatic carbocycles. The van der Waals surface area contributed by atoms with Gasteiger partial charge in [-0.15, -0.1) is 0 Å². The van der Waals surface area contributed by atoms with Crippen molar-refractivity contribution in [2.75, 3.05) is 18.5 Å². The van der Waals surface area contributed by atoms with Gasteiger partial charge in [0, 0.05) is 22.7 Å². The van der Waals surface area contributed by atoms with Gasteiger partial charge in [-0.05, 0) is 30.3 Å². The third-order valence-electron chi connectivity index (χ3n) is 3.81. The fraction of sp³-hybridized carbons (Fsp3) is 0.235. The molecule has 0 saturated carbocycles. The second-order valence-electron chi connectivity index (χ2n) is 5.44. The second-order valence-corrected chi connectivity index (χ2v) is 5.88. The van der Waals surface area contributed by atoms with Crippen LogP contribution in [-0.2, 0) is 5.60 Å². The van der Waals surface area contributed by atoms with E-state index in [1.807, 2.05) is 24.3 Å². The molecule has 1 heterocycles. The second kappa shape index (κ2) is 6.48. The van der Waals surface area contributed by atoms with Crippen LogP contribution in [0.5, 0.6) is 5.75 Å². The Labute approximate surface area is 139 Å². The van der Waals surface area contributed by atoms with Gasteiger partial charge in [0.05, 0.1) is 13.2 Å². The minimum absolute atomic E-state index is 0.104. The topological polar surface area (TPSA) is 70.6 Å². The Morgan fingerprint density at radius 1 is 1.22 bits per heavy atom. The minimum Gasteiger partial charge on any atom is -0.493 e. The molecular weight excluding hydrogens is 316 g/mol. The average Bonchev–Trinajstić information content (AvgIpc) is 2.56. The number of ether oxygens (including phenoxy) is 1. The molecule has 0 saturated heterocycles. The standard InChI is InChI=1S/C17H17ClN2O3/c18-12-5-7-13(8-6-12)20-16(21)19-11-17(22)9-10-23-15-4-2-1-3-14(15)17/h1-8,22H,9-11H2,(H2,19,20,21). The molecule has 1 aliphatic rings. The molecule has 0 spiro atoms. The molecule has 2 amide bonds. The number of nitrogens with one attached hydrogen (secondary N) is 2. The molecule has 2 aromatic carbocycles. The first kappa shape index (κ1) is 15.6. The van der Waals surface area contributed by atoms with Gasteiger partial charge in [0.15, 0.2) is 0 Å². The Morgan fingerprint density at radius 2 is 1.96 bits per heavy atom. The number of amides is 2. The normalized spacial score (nSPS) is 19.4. The predicted molar refractivity (Wildman–Crippen MR) is 88.9 cm³/mol. The maximum absolute atomic E-state index is 12.0. The van der Waals surface area contributed by atoms with E-state index in [9.17, 15) is 9.90 Å². The highest BCUT2D eigenvalue weighted by Crippen LogP contribution is 2.36. The fourth-order valence-electron chi connectivity index (χ4n) is 2.56. The van der Waals surface area contributed by atoms with E-state index in [2.05, 4.69) is 10.6 Å². The monoisotopic (exact) mass is 332 g/mol. The number of urea groups is 1. The summed E-state index contributed by atoms with van der Waals surface area (Å²) in [5.74, 6) is 0.654. The summed E-state index contributed by atoms with van der Waals surface area (Å²) in [5.41, 5.74) is 0.191. The van der Waals surface area contributed by atoms with E-state index in [-0.39, 0.29) is 12.6 Å². The number of hydrogen-bond donors (Lipinski definition) is 3. The number of anilines is 1. The SMILES string of the molecule is O=C(NCC1(O)CCOc2ccccc21)Nc1ccc(Cl)cc1. The van der Waals surface area contributed by atoms with E-state index in [4.69, 9.17) is 16.3 Å². The van der Waals surface area contributed by atoms with Crippen LogP contribution in [-0.4, -0.2) is 24.3 Å². The van der Waals surface area contributed by atoms with Gasteiger partial charge in [-0.2, -0.15) is 0 Å². The maximum Gasteiger partial charge on any atom is 0.319 e. The Bertz CT molecular complexity index is 705. The molecule has 0 aromatic heterocycles. The van der Waals surface area contributed by atoms with Crippen LogP contribution < -0.4 is 15.4 Å². The van der Waals surface area contributed by atoms with Gasteiger partial charge in [0.25, 0.3) is 0 Å². The summed E-state index contributed by atoms with van der Waals surface area (Å²) in [5, 5.41) is 16.8. The van der Waals surface area contributed by atoms with Crippen LogP contribution in [0.2, 0.25) is 5.02 Å². The molecule has 0 fully saturated rings. The molecule has 23 heavy (non-hydrogen) atoms. The molecule has 0 bridgehead atoms. The van der Waals surface area contributed by atoms with Gasteiger partial charge >= 0.3 is 6.03 Å². The molecule has 5 nitrogen and oxygen atoms in total. The molecule has 3 rings (SSSR count). The summed E-state index contributed by atoms with van der Waals surface area (Å²) in [4.78, 5) is 12.0. The molecule has 120 valence electrons. The van der Waals surface area contributed by atoms with Crippen molar-refractivity contribution in [3.63, 3.8) is 0 Å². The number of halogens is 1. The van der Waals surface area contributed by atoms with Crippen LogP contribution in [0.3, 0.4) is 0 Å². The Hall–Kier alpha value is -2.24. The number of rotatable bonds is 3. The lowest BCUT2D eigenvalue weighted by Crippen LogP contribution is -2.45. The van der Waals surface area contributed by atoms with Gasteiger partial charge in [-0.1, -0.05) is 29.8 Å². The lowest BCUT2D eigenvalue weighted by Gasteiger charge is -2.34. The average molecular weight is 333 g/mol. The van der Waals surface area contributed by atoms with Gasteiger partial charge in [0.1, 0.15) is 11.4 Å². The van der Waals surface area contributed by atoms with Crippen molar-refractivity contribution >= 4 is 23.3 Å². The number of benzene rings is 2. The lowest BCUT2D eigenvalue weighted by molar-refractivity contribution is 0.000399. The van der Waals surface area contributed by atoms with E-state index in [0.29, 0.717) is 35.1 Å². The molecule has 1 aliphatic heterocycles. The van der Waals surface area contributed by atoms with Crippen LogP contribution in [0.15, 0.2) is 48.5 Å². The first-order valence-electron chi connectivity index (χ1n) is 7.32. The molecular formula is C17H17ClN2O3. The third-order valence-corrected chi connectivity index (χ3v) is 4.06. The summed E-state index contributed by atoms with van der Waals surface area (Å²) in [6.07, 6.45) is 0.422. The fourth-order valence-corrected chi connectivity index (χ4v) is 2.69. The quantitative estimate of drug-likeness (QED) is 0.808. The molecule has 1 atom stereocenters. The first-order chi connectivity index (χ1) is 11.1. The van der Waals surface area contributed by atoms with Crippen LogP contribution in [0.4, 0.5) is 10.5 Å². The van der Waals surface area contributed by atoms with Gasteiger partial charge in [0.2, 0.25) is 0 Å². The van der Waals surface area contributed by atoms with Crippen molar-refractivity contribution in [3.05, 3.63) is 59.1 Å². The molecule has 3 N–H and O–H groups in total. The minimum atomic E-state index is -1.13. The van der Waals surface area contributed by atoms with Crippen LogP contribution in [0.1, 0.15) is 12.0 Å². The van der Waals surface area contributed by atoms with Crippen molar-refractivity contribution in [2.24, 2.45) is 0 Å². The number of aliphatic hydroxyl groups is 1. The number of carbonyl (C=O) groups excluding carboxylic acids is 1. The number of para-hydroxylation sites is 1. The predicted octanol–water partition coefficient (Wildman–Crippen LogP) is 3.13. The Kier molecular flexibility index (Phi) is 4.41. The lowest BCUT2D eigenvalue weighted by atomic mass is 9.88. The third kappa shape index (κ3) is 3.57. The Morgan fingerprint density at radius 3 is 2.74 bits per heavy atom. The van der Waals surface area contributed by atoms with Gasteiger partial charge < -0.3 is 20.5 Å². The summed E-state index contributed by atoms with van der Waals surface area (Å²) in [6, 6.07) is 13.7. The van der Waals surface area contributed by atoms with E-state index >= 15 is 0 Å². The zero-order valence-electron chi connectivity index (χ0n) is 12.4. The van der Waals surface area contributed by atoms with Crippen molar-refractivity contribution in [1.82, 2.24) is 5.32 Å². The molecule has 2 aromatic rings. The van der Waals surface area contributed by atoms with E-state index < -0.39 is 5.60 Å². The van der Waals surface area contributed by atoms with Gasteiger partial charge in [-0.3, -0.25) is 0 Å². The zero-order chi connectivity index (χ0) is 16.3. The Balaban J connectivity index is 1.64. The summed E-state index contributed by atoms with van der Waals surface area (Å²) < 4.78 is 5.53. The highest BCUT2D eigenvalue weighted by atomic mass is 35.5. The molecule has 6 heteroatoms. The first-order valence-corrected chi connectivity index (χ1v) is 7.70. The highest BCUT2D eigenvalue weighted by Gasteiger charge is 2.35.